The van der Waals surface area contributed by atoms with Gasteiger partial charge in [-0.15, -0.1) is 0 Å². The Labute approximate surface area is 209 Å². The molecule has 0 saturated carbocycles. The van der Waals surface area contributed by atoms with Gasteiger partial charge in [-0.25, -0.2) is 23.4 Å². The molecule has 0 radical (unpaired) electrons. The fourth-order valence-corrected chi connectivity index (χ4v) is 5.11. The largest absolute Gasteiger partial charge is 0.381 e. The lowest BCUT2D eigenvalue weighted by molar-refractivity contribution is -0.0499. The number of halogens is 2. The van der Waals surface area contributed by atoms with Gasteiger partial charge in [0.1, 0.15) is 34.8 Å². The van der Waals surface area contributed by atoms with E-state index < -0.39 is 23.3 Å². The molecule has 3 heterocycles. The first kappa shape index (κ1) is 23.8. The lowest BCUT2D eigenvalue weighted by Crippen LogP contribution is -2.52. The van der Waals surface area contributed by atoms with Crippen molar-refractivity contribution in [3.63, 3.8) is 0 Å². The number of carbonyl (C=O) groups is 1. The van der Waals surface area contributed by atoms with Crippen molar-refractivity contribution in [3.8, 4) is 11.3 Å². The van der Waals surface area contributed by atoms with Crippen molar-refractivity contribution in [1.82, 2.24) is 29.0 Å². The van der Waals surface area contributed by atoms with E-state index in [0.29, 0.717) is 15.9 Å². The molecule has 2 aromatic carbocycles. The maximum atomic E-state index is 14.8. The molecule has 0 aliphatic heterocycles. The molecule has 0 unspecified atom stereocenters. The average molecular weight is 509 g/mol. The maximum absolute atomic E-state index is 14.8. The highest BCUT2D eigenvalue weighted by Gasteiger charge is 2.43. The summed E-state index contributed by atoms with van der Waals surface area (Å²) in [6, 6.07) is 11.7. The fourth-order valence-electron chi connectivity index (χ4n) is 4.16. The Hall–Kier alpha value is -3.96. The highest BCUT2D eigenvalue weighted by atomic mass is 32.1. The van der Waals surface area contributed by atoms with Crippen molar-refractivity contribution in [2.45, 2.75) is 25.1 Å². The number of amides is 1. The molecule has 0 bridgehead atoms. The maximum Gasteiger partial charge on any atom is 0.265 e. The molecule has 0 fully saturated rings. The Balaban J connectivity index is 1.45. The summed E-state index contributed by atoms with van der Waals surface area (Å²) >= 11 is 1.21. The Morgan fingerprint density at radius 2 is 1.97 bits per heavy atom. The first-order valence-electron chi connectivity index (χ1n) is 11.1. The number of hydrogen-bond donors (Lipinski definition) is 1. The molecular weight excluding hydrogens is 486 g/mol. The summed E-state index contributed by atoms with van der Waals surface area (Å²) in [5.74, 6) is -2.07. The summed E-state index contributed by atoms with van der Waals surface area (Å²) in [6.45, 7) is 1.40. The van der Waals surface area contributed by atoms with Crippen LogP contribution in [-0.4, -0.2) is 53.2 Å². The van der Waals surface area contributed by atoms with Gasteiger partial charge < -0.3 is 10.0 Å². The number of likely N-dealkylation sites (N-methyl/N-ethyl adjacent to an activating group) is 1. The SMILES string of the molecule is C[C@@H](N(C)C(=O)c1cn2cc(-c3ccccc3)nc2s1)[C@](O)(Cn1cncn1)c1ccc(F)cc1F. The number of fused-ring (bicyclic) bond motifs is 1. The predicted octanol–water partition coefficient (Wildman–Crippen LogP) is 3.98. The summed E-state index contributed by atoms with van der Waals surface area (Å²) in [5, 5.41) is 15.8. The molecule has 1 N–H and O–H groups in total. The van der Waals surface area contributed by atoms with Gasteiger partial charge in [0, 0.05) is 36.6 Å². The van der Waals surface area contributed by atoms with Crippen LogP contribution in [0.5, 0.6) is 0 Å². The van der Waals surface area contributed by atoms with E-state index in [9.17, 15) is 18.7 Å². The third-order valence-electron chi connectivity index (χ3n) is 6.30. The van der Waals surface area contributed by atoms with E-state index >= 15 is 0 Å². The molecule has 1 amide bonds. The third-order valence-corrected chi connectivity index (χ3v) is 7.28. The lowest BCUT2D eigenvalue weighted by Gasteiger charge is -2.39. The Morgan fingerprint density at radius 3 is 2.64 bits per heavy atom. The molecule has 36 heavy (non-hydrogen) atoms. The third kappa shape index (κ3) is 4.27. The number of benzene rings is 2. The van der Waals surface area contributed by atoms with Crippen LogP contribution in [0.3, 0.4) is 0 Å². The van der Waals surface area contributed by atoms with Gasteiger partial charge in [0.15, 0.2) is 4.96 Å². The molecule has 184 valence electrons. The fraction of sp³-hybridized carbons (Fsp3) is 0.200. The number of thiazole rings is 1. The van der Waals surface area contributed by atoms with E-state index in [0.717, 1.165) is 17.3 Å². The van der Waals surface area contributed by atoms with Crippen molar-refractivity contribution in [2.24, 2.45) is 0 Å². The molecule has 11 heteroatoms. The normalized spacial score (nSPS) is 14.0. The second kappa shape index (κ2) is 9.25. The zero-order valence-electron chi connectivity index (χ0n) is 19.4. The standard InChI is InChI=1S/C25H22F2N6O2S/c1-16(25(35,13-33-15-28-14-29-33)19-9-8-18(26)10-20(19)27)31(2)23(34)22-12-32-11-21(30-24(32)36-22)17-6-4-3-5-7-17/h3-12,14-16,35H,13H2,1-2H3/t16-,25-/m1/s1. The number of imidazole rings is 1. The number of aliphatic hydroxyl groups is 1. The second-order valence-corrected chi connectivity index (χ2v) is 9.52. The van der Waals surface area contributed by atoms with E-state index in [4.69, 9.17) is 0 Å². The molecular formula is C25H22F2N6O2S. The minimum Gasteiger partial charge on any atom is -0.381 e. The molecule has 2 atom stereocenters. The number of nitrogens with zero attached hydrogens (tertiary/aromatic N) is 6. The molecule has 5 rings (SSSR count). The van der Waals surface area contributed by atoms with E-state index in [1.165, 1.54) is 46.7 Å². The summed E-state index contributed by atoms with van der Waals surface area (Å²) in [4.78, 5) is 24.3. The van der Waals surface area contributed by atoms with Crippen LogP contribution < -0.4 is 0 Å². The van der Waals surface area contributed by atoms with Crippen molar-refractivity contribution >= 4 is 22.2 Å². The Morgan fingerprint density at radius 1 is 1.19 bits per heavy atom. The van der Waals surface area contributed by atoms with Crippen molar-refractivity contribution in [2.75, 3.05) is 7.05 Å². The zero-order valence-corrected chi connectivity index (χ0v) is 20.2. The zero-order chi connectivity index (χ0) is 25.4. The Bertz CT molecular complexity index is 1490. The minimum absolute atomic E-state index is 0.153. The van der Waals surface area contributed by atoms with Gasteiger partial charge in [-0.1, -0.05) is 47.7 Å². The summed E-state index contributed by atoms with van der Waals surface area (Å²) in [7, 11) is 1.53. The molecule has 5 aromatic rings. The number of hydrogen-bond acceptors (Lipinski definition) is 6. The number of aromatic nitrogens is 5. The van der Waals surface area contributed by atoms with E-state index in [-0.39, 0.29) is 18.0 Å². The van der Waals surface area contributed by atoms with Crippen LogP contribution in [0.25, 0.3) is 16.2 Å². The molecule has 0 saturated heterocycles. The van der Waals surface area contributed by atoms with Crippen LogP contribution in [0.15, 0.2) is 73.6 Å². The number of carbonyl (C=O) groups excluding carboxylic acids is 1. The van der Waals surface area contributed by atoms with E-state index in [1.54, 1.807) is 17.5 Å². The van der Waals surface area contributed by atoms with Gasteiger partial charge in [0.2, 0.25) is 0 Å². The smallest absolute Gasteiger partial charge is 0.265 e. The molecule has 0 aliphatic rings. The molecule has 0 spiro atoms. The van der Waals surface area contributed by atoms with Gasteiger partial charge in [-0.2, -0.15) is 5.10 Å². The van der Waals surface area contributed by atoms with Crippen molar-refractivity contribution < 1.29 is 18.7 Å². The average Bonchev–Trinajstić information content (AvgIpc) is 3.60. The summed E-state index contributed by atoms with van der Waals surface area (Å²) < 4.78 is 31.6. The van der Waals surface area contributed by atoms with E-state index in [1.807, 2.05) is 36.5 Å². The van der Waals surface area contributed by atoms with Crippen LogP contribution in [0.2, 0.25) is 0 Å². The van der Waals surface area contributed by atoms with Gasteiger partial charge in [0.25, 0.3) is 5.91 Å². The van der Waals surface area contributed by atoms with Crippen LogP contribution in [0.1, 0.15) is 22.2 Å². The van der Waals surface area contributed by atoms with E-state index in [2.05, 4.69) is 15.1 Å². The molecule has 8 nitrogen and oxygen atoms in total. The van der Waals surface area contributed by atoms with Crippen LogP contribution in [0, 0.1) is 11.6 Å². The molecule has 3 aromatic heterocycles. The first-order chi connectivity index (χ1) is 17.3. The van der Waals surface area contributed by atoms with Crippen molar-refractivity contribution in [1.29, 1.82) is 0 Å². The van der Waals surface area contributed by atoms with Gasteiger partial charge in [-0.3, -0.25) is 9.20 Å². The van der Waals surface area contributed by atoms with Crippen LogP contribution >= 0.6 is 11.3 Å². The highest BCUT2D eigenvalue weighted by molar-refractivity contribution is 7.18. The van der Waals surface area contributed by atoms with Crippen LogP contribution in [-0.2, 0) is 12.1 Å². The predicted molar refractivity (Wildman–Crippen MR) is 130 cm³/mol. The Kier molecular flexibility index (Phi) is 6.10. The quantitative estimate of drug-likeness (QED) is 0.359. The van der Waals surface area contributed by atoms with Crippen molar-refractivity contribution in [3.05, 3.63) is 95.7 Å². The topological polar surface area (TPSA) is 88.5 Å². The monoisotopic (exact) mass is 508 g/mol. The van der Waals surface area contributed by atoms with Gasteiger partial charge in [0.05, 0.1) is 18.3 Å². The summed E-state index contributed by atoms with van der Waals surface area (Å²) in [6.07, 6.45) is 6.18. The lowest BCUT2D eigenvalue weighted by atomic mass is 9.85. The van der Waals surface area contributed by atoms with Gasteiger partial charge in [-0.05, 0) is 13.0 Å². The first-order valence-corrected chi connectivity index (χ1v) is 11.9. The second-order valence-electron chi connectivity index (χ2n) is 8.51. The van der Waals surface area contributed by atoms with Gasteiger partial charge >= 0.3 is 0 Å². The highest BCUT2D eigenvalue weighted by Crippen LogP contribution is 2.33. The summed E-state index contributed by atoms with van der Waals surface area (Å²) in [5.41, 5.74) is -0.337. The number of rotatable bonds is 7. The molecule has 0 aliphatic carbocycles. The van der Waals surface area contributed by atoms with Crippen LogP contribution in [0.4, 0.5) is 8.78 Å². The minimum atomic E-state index is -1.94.